The Labute approximate surface area is 235 Å². The normalized spacial score (nSPS) is 32.0. The number of amides is 5. The maximum Gasteiger partial charge on any atom is 0.245 e. The Morgan fingerprint density at radius 2 is 1.62 bits per heavy atom. The molecule has 6 N–H and O–H groups in total. The monoisotopic (exact) mass is 585 g/mol. The fraction of sp³-hybridized carbons (Fsp3) is 0.560. The summed E-state index contributed by atoms with van der Waals surface area (Å²) in [5.74, 6) is -3.75. The Hall–Kier alpha value is -2.93. The van der Waals surface area contributed by atoms with Crippen LogP contribution in [0.2, 0.25) is 0 Å². The van der Waals surface area contributed by atoms with Crippen molar-refractivity contribution in [2.45, 2.75) is 73.8 Å². The highest BCUT2D eigenvalue weighted by Gasteiger charge is 2.48. The second kappa shape index (κ2) is 13.4. The third kappa shape index (κ3) is 7.18. The number of nitrogens with zero attached hydrogens (tertiary/aromatic N) is 1. The molecule has 2 heterocycles. The molecular formula is C25H33Cl2N5O7. The van der Waals surface area contributed by atoms with Gasteiger partial charge in [-0.25, -0.2) is 0 Å². The summed E-state index contributed by atoms with van der Waals surface area (Å²) < 4.78 is 0. The number of aliphatic hydroxyl groups excluding tert-OH is 2. The van der Waals surface area contributed by atoms with Crippen molar-refractivity contribution in [3.05, 3.63) is 35.9 Å². The number of nitrogens with one attached hydrogen (secondary N) is 4. The summed E-state index contributed by atoms with van der Waals surface area (Å²) in [6.45, 7) is 2.05. The van der Waals surface area contributed by atoms with E-state index in [4.69, 9.17) is 23.2 Å². The van der Waals surface area contributed by atoms with Gasteiger partial charge in [-0.15, -0.1) is 23.2 Å². The number of halogens is 2. The van der Waals surface area contributed by atoms with Gasteiger partial charge in [0, 0.05) is 6.54 Å². The highest BCUT2D eigenvalue weighted by atomic mass is 35.5. The van der Waals surface area contributed by atoms with Crippen LogP contribution in [0.3, 0.4) is 0 Å². The van der Waals surface area contributed by atoms with Crippen molar-refractivity contribution in [1.29, 1.82) is 0 Å². The summed E-state index contributed by atoms with van der Waals surface area (Å²) in [7, 11) is 0. The van der Waals surface area contributed by atoms with E-state index in [9.17, 15) is 34.2 Å². The first-order valence-corrected chi connectivity index (χ1v) is 13.5. The number of carbonyl (C=O) groups is 5. The van der Waals surface area contributed by atoms with Crippen LogP contribution >= 0.6 is 23.2 Å². The van der Waals surface area contributed by atoms with E-state index in [0.29, 0.717) is 5.56 Å². The lowest BCUT2D eigenvalue weighted by Gasteiger charge is -2.32. The summed E-state index contributed by atoms with van der Waals surface area (Å²) in [6.07, 6.45) is -1.49. The van der Waals surface area contributed by atoms with Gasteiger partial charge in [-0.05, 0) is 18.9 Å². The third-order valence-electron chi connectivity index (χ3n) is 6.73. The van der Waals surface area contributed by atoms with Crippen LogP contribution in [-0.4, -0.2) is 98.8 Å². The summed E-state index contributed by atoms with van der Waals surface area (Å²) in [6, 6.07) is 2.39. The van der Waals surface area contributed by atoms with E-state index in [2.05, 4.69) is 21.3 Å². The van der Waals surface area contributed by atoms with Gasteiger partial charge in [0.2, 0.25) is 29.5 Å². The molecule has 3 rings (SSSR count). The number of aliphatic hydroxyl groups is 2. The zero-order chi connectivity index (χ0) is 28.9. The minimum absolute atomic E-state index is 0.0835. The molecule has 2 fully saturated rings. The molecule has 0 aromatic heterocycles. The molecule has 0 saturated carbocycles. The molecule has 2 saturated heterocycles. The SMILES string of the molecule is CC[C@@H]1NC(=O)C[C@@H](c2ccccc2)NC(=O)[C@H](CO)NC(=O)[C@H]([C@H](C)O)NC(=O)[C@@H]2[C@H](Cl)[C@H](Cl)CN2C1=O. The minimum Gasteiger partial charge on any atom is -0.394 e. The Balaban J connectivity index is 2.02. The average molecular weight is 586 g/mol. The van der Waals surface area contributed by atoms with Gasteiger partial charge in [-0.3, -0.25) is 24.0 Å². The first-order chi connectivity index (χ1) is 18.5. The van der Waals surface area contributed by atoms with Crippen LogP contribution in [0.25, 0.3) is 0 Å². The molecule has 5 amide bonds. The maximum atomic E-state index is 13.5. The average Bonchev–Trinajstić information content (AvgIpc) is 3.21. The maximum absolute atomic E-state index is 13.5. The van der Waals surface area contributed by atoms with E-state index < -0.39 is 83.2 Å². The third-order valence-corrected chi connectivity index (χ3v) is 7.81. The molecule has 0 aliphatic carbocycles. The summed E-state index contributed by atoms with van der Waals surface area (Å²) in [5, 5.41) is 28.3. The highest BCUT2D eigenvalue weighted by Crippen LogP contribution is 2.29. The molecule has 2 aliphatic rings. The van der Waals surface area contributed by atoms with Gasteiger partial charge in [0.05, 0.1) is 35.9 Å². The molecule has 1 aromatic rings. The molecule has 2 aliphatic heterocycles. The predicted octanol–water partition coefficient (Wildman–Crippen LogP) is -1.09. The van der Waals surface area contributed by atoms with Crippen molar-refractivity contribution in [2.75, 3.05) is 13.2 Å². The topological polar surface area (TPSA) is 177 Å². The molecule has 12 nitrogen and oxygen atoms in total. The smallest absolute Gasteiger partial charge is 0.245 e. The van der Waals surface area contributed by atoms with Crippen molar-refractivity contribution in [3.63, 3.8) is 0 Å². The van der Waals surface area contributed by atoms with Crippen LogP contribution in [-0.2, 0) is 24.0 Å². The van der Waals surface area contributed by atoms with Gasteiger partial charge in [0.25, 0.3) is 0 Å². The molecule has 8 atom stereocenters. The number of fused-ring (bicyclic) bond motifs is 1. The molecule has 14 heteroatoms. The fourth-order valence-corrected chi connectivity index (χ4v) is 5.19. The van der Waals surface area contributed by atoms with Crippen molar-refractivity contribution < 1.29 is 34.2 Å². The molecule has 0 bridgehead atoms. The second-order valence-corrected chi connectivity index (χ2v) is 10.6. The second-order valence-electron chi connectivity index (χ2n) is 9.57. The molecule has 39 heavy (non-hydrogen) atoms. The molecule has 1 aromatic carbocycles. The first kappa shape index (κ1) is 30.6. The Morgan fingerprint density at radius 3 is 2.21 bits per heavy atom. The van der Waals surface area contributed by atoms with E-state index in [1.807, 2.05) is 0 Å². The first-order valence-electron chi connectivity index (χ1n) is 12.6. The highest BCUT2D eigenvalue weighted by molar-refractivity contribution is 6.32. The van der Waals surface area contributed by atoms with E-state index in [1.54, 1.807) is 37.3 Å². The lowest BCUT2D eigenvalue weighted by atomic mass is 10.0. The molecule has 0 radical (unpaired) electrons. The molecule has 0 unspecified atom stereocenters. The van der Waals surface area contributed by atoms with Crippen molar-refractivity contribution in [3.8, 4) is 0 Å². The quantitative estimate of drug-likeness (QED) is 0.243. The number of alkyl halides is 2. The summed E-state index contributed by atoms with van der Waals surface area (Å²) >= 11 is 12.7. The van der Waals surface area contributed by atoms with Crippen LogP contribution < -0.4 is 21.3 Å². The Kier molecular flexibility index (Phi) is 10.5. The predicted molar refractivity (Wildman–Crippen MR) is 142 cm³/mol. The minimum atomic E-state index is -1.55. The Bertz CT molecular complexity index is 1080. The molecule has 0 spiro atoms. The van der Waals surface area contributed by atoms with Crippen LogP contribution in [0, 0.1) is 0 Å². The zero-order valence-corrected chi connectivity index (χ0v) is 23.0. The van der Waals surface area contributed by atoms with Gasteiger partial charge in [0.1, 0.15) is 24.2 Å². The van der Waals surface area contributed by atoms with E-state index in [0.717, 1.165) is 4.90 Å². The number of rotatable bonds is 4. The van der Waals surface area contributed by atoms with Gasteiger partial charge in [-0.2, -0.15) is 0 Å². The van der Waals surface area contributed by atoms with E-state index in [1.165, 1.54) is 6.92 Å². The lowest BCUT2D eigenvalue weighted by Crippen LogP contribution is -2.62. The number of hydrogen-bond acceptors (Lipinski definition) is 7. The van der Waals surface area contributed by atoms with Crippen LogP contribution in [0.15, 0.2) is 30.3 Å². The zero-order valence-electron chi connectivity index (χ0n) is 21.5. The lowest BCUT2D eigenvalue weighted by molar-refractivity contribution is -0.143. The number of carbonyl (C=O) groups excluding carboxylic acids is 5. The van der Waals surface area contributed by atoms with Gasteiger partial charge in [-0.1, -0.05) is 37.3 Å². The van der Waals surface area contributed by atoms with Crippen molar-refractivity contribution >= 4 is 52.7 Å². The Morgan fingerprint density at radius 1 is 0.949 bits per heavy atom. The fourth-order valence-electron chi connectivity index (χ4n) is 4.57. The van der Waals surface area contributed by atoms with Crippen LogP contribution in [0.4, 0.5) is 0 Å². The number of benzene rings is 1. The van der Waals surface area contributed by atoms with Gasteiger partial charge in [0.15, 0.2) is 0 Å². The van der Waals surface area contributed by atoms with Gasteiger partial charge >= 0.3 is 0 Å². The van der Waals surface area contributed by atoms with Gasteiger partial charge < -0.3 is 36.4 Å². The summed E-state index contributed by atoms with van der Waals surface area (Å²) in [5.41, 5.74) is 0.577. The van der Waals surface area contributed by atoms with Crippen molar-refractivity contribution in [1.82, 2.24) is 26.2 Å². The standard InChI is InChI=1S/C25H33Cl2N5O7/c1-3-15-25(39)32-10-14(26)19(27)21(32)24(38)31-20(12(2)34)23(37)30-17(11-33)22(36)29-16(9-18(35)28-15)13-7-5-4-6-8-13/h4-8,12,14-17,19-21,33-34H,3,9-11H2,1-2H3,(H,28,35)(H,29,36)(H,30,37)(H,31,38)/t12-,14+,15-,16-,17-,19+,20-,21-/m0/s1. The molecular weight excluding hydrogens is 553 g/mol. The van der Waals surface area contributed by atoms with E-state index in [-0.39, 0.29) is 19.4 Å². The van der Waals surface area contributed by atoms with Crippen LogP contribution in [0.1, 0.15) is 38.3 Å². The molecule has 214 valence electrons. The van der Waals surface area contributed by atoms with Crippen molar-refractivity contribution in [2.24, 2.45) is 0 Å². The summed E-state index contributed by atoms with van der Waals surface area (Å²) in [4.78, 5) is 67.1. The van der Waals surface area contributed by atoms with E-state index >= 15 is 0 Å². The van der Waals surface area contributed by atoms with Crippen LogP contribution in [0.5, 0.6) is 0 Å². The number of hydrogen-bond donors (Lipinski definition) is 6. The largest absolute Gasteiger partial charge is 0.394 e.